The lowest BCUT2D eigenvalue weighted by atomic mass is 9.97. The SMILES string of the molecule is O=C(NCc1cccs1)c1csc(C2CCN(C(=O)C#Cc3ccccc3)CC2)n1. The molecule has 4 rings (SSSR count). The van der Waals surface area contributed by atoms with Crippen LogP contribution in [0.15, 0.2) is 53.2 Å². The number of rotatable bonds is 4. The van der Waals surface area contributed by atoms with Crippen LogP contribution in [0.25, 0.3) is 0 Å². The second-order valence-electron chi connectivity index (χ2n) is 7.02. The van der Waals surface area contributed by atoms with E-state index in [1.807, 2.05) is 53.2 Å². The van der Waals surface area contributed by atoms with Crippen molar-refractivity contribution >= 4 is 34.5 Å². The van der Waals surface area contributed by atoms with E-state index in [1.54, 1.807) is 16.2 Å². The van der Waals surface area contributed by atoms with Gasteiger partial charge >= 0.3 is 0 Å². The number of carbonyl (C=O) groups excluding carboxylic acids is 2. The first-order valence-corrected chi connectivity index (χ1v) is 11.6. The van der Waals surface area contributed by atoms with Gasteiger partial charge in [-0.1, -0.05) is 30.2 Å². The highest BCUT2D eigenvalue weighted by molar-refractivity contribution is 7.10. The molecule has 0 atom stereocenters. The van der Waals surface area contributed by atoms with E-state index in [9.17, 15) is 9.59 Å². The number of nitrogens with one attached hydrogen (secondary N) is 1. The summed E-state index contributed by atoms with van der Waals surface area (Å²) >= 11 is 3.14. The molecule has 1 aliphatic heterocycles. The Hall–Kier alpha value is -2.95. The van der Waals surface area contributed by atoms with Crippen LogP contribution >= 0.6 is 22.7 Å². The summed E-state index contributed by atoms with van der Waals surface area (Å²) in [5.74, 6) is 5.67. The summed E-state index contributed by atoms with van der Waals surface area (Å²) in [5.41, 5.74) is 1.31. The summed E-state index contributed by atoms with van der Waals surface area (Å²) in [6.07, 6.45) is 1.67. The van der Waals surface area contributed by atoms with Gasteiger partial charge in [-0.3, -0.25) is 9.59 Å². The van der Waals surface area contributed by atoms with Crippen LogP contribution in [0.5, 0.6) is 0 Å². The molecular formula is C23H21N3O2S2. The van der Waals surface area contributed by atoms with E-state index in [-0.39, 0.29) is 17.7 Å². The summed E-state index contributed by atoms with van der Waals surface area (Å²) in [6.45, 7) is 1.84. The smallest absolute Gasteiger partial charge is 0.298 e. The van der Waals surface area contributed by atoms with E-state index in [0.717, 1.165) is 28.3 Å². The molecule has 0 spiro atoms. The molecule has 2 amide bonds. The maximum absolute atomic E-state index is 12.4. The number of piperidine rings is 1. The Labute approximate surface area is 183 Å². The number of hydrogen-bond acceptors (Lipinski definition) is 5. The van der Waals surface area contributed by atoms with Crippen molar-refractivity contribution in [2.75, 3.05) is 13.1 Å². The Balaban J connectivity index is 1.28. The van der Waals surface area contributed by atoms with E-state index in [0.29, 0.717) is 25.3 Å². The van der Waals surface area contributed by atoms with Crippen LogP contribution in [-0.4, -0.2) is 34.8 Å². The largest absolute Gasteiger partial charge is 0.346 e. The molecule has 0 saturated carbocycles. The standard InChI is InChI=1S/C23H21N3O2S2/c27-21(9-8-17-5-2-1-3-6-17)26-12-10-18(11-13-26)23-25-20(16-30-23)22(28)24-15-19-7-4-14-29-19/h1-7,14,16,18H,10-13,15H2,(H,24,28). The molecule has 3 aromatic rings. The Morgan fingerprint density at radius 2 is 1.90 bits per heavy atom. The fourth-order valence-corrected chi connectivity index (χ4v) is 4.92. The van der Waals surface area contributed by atoms with E-state index < -0.39 is 0 Å². The van der Waals surface area contributed by atoms with Crippen LogP contribution in [0, 0.1) is 11.8 Å². The lowest BCUT2D eigenvalue weighted by molar-refractivity contribution is -0.126. The highest BCUT2D eigenvalue weighted by Crippen LogP contribution is 2.30. The summed E-state index contributed by atoms with van der Waals surface area (Å²) in [7, 11) is 0. The zero-order valence-electron chi connectivity index (χ0n) is 16.3. The molecule has 0 unspecified atom stereocenters. The van der Waals surface area contributed by atoms with Gasteiger partial charge in [0.05, 0.1) is 11.6 Å². The number of benzene rings is 1. The number of likely N-dealkylation sites (tertiary alicyclic amines) is 1. The molecule has 3 heterocycles. The van der Waals surface area contributed by atoms with Gasteiger partial charge < -0.3 is 10.2 Å². The monoisotopic (exact) mass is 435 g/mol. The molecule has 0 aliphatic carbocycles. The highest BCUT2D eigenvalue weighted by atomic mass is 32.1. The van der Waals surface area contributed by atoms with Crippen molar-refractivity contribution in [2.45, 2.75) is 25.3 Å². The van der Waals surface area contributed by atoms with Crippen LogP contribution in [0.2, 0.25) is 0 Å². The van der Waals surface area contributed by atoms with Crippen molar-refractivity contribution in [1.29, 1.82) is 0 Å². The number of aromatic nitrogens is 1. The van der Waals surface area contributed by atoms with Crippen molar-refractivity contribution in [3.63, 3.8) is 0 Å². The van der Waals surface area contributed by atoms with Gasteiger partial charge in [0.1, 0.15) is 5.69 Å². The zero-order chi connectivity index (χ0) is 20.8. The molecule has 1 N–H and O–H groups in total. The minimum absolute atomic E-state index is 0.134. The predicted octanol–water partition coefficient (Wildman–Crippen LogP) is 3.89. The molecule has 0 radical (unpaired) electrons. The van der Waals surface area contributed by atoms with Crippen LogP contribution in [0.4, 0.5) is 0 Å². The van der Waals surface area contributed by atoms with Crippen molar-refractivity contribution < 1.29 is 9.59 Å². The second-order valence-corrected chi connectivity index (χ2v) is 8.94. The van der Waals surface area contributed by atoms with Gasteiger partial charge in [-0.05, 0) is 36.4 Å². The quantitative estimate of drug-likeness (QED) is 0.633. The van der Waals surface area contributed by atoms with Gasteiger partial charge in [0.2, 0.25) is 0 Å². The molecule has 7 heteroatoms. The van der Waals surface area contributed by atoms with E-state index in [2.05, 4.69) is 22.1 Å². The number of carbonyl (C=O) groups is 2. The first-order valence-electron chi connectivity index (χ1n) is 9.81. The molecule has 1 saturated heterocycles. The summed E-state index contributed by atoms with van der Waals surface area (Å²) in [6, 6.07) is 13.5. The third-order valence-corrected chi connectivity index (χ3v) is 6.86. The molecule has 1 fully saturated rings. The Morgan fingerprint density at radius 3 is 2.63 bits per heavy atom. The molecule has 5 nitrogen and oxygen atoms in total. The molecule has 0 bridgehead atoms. The minimum Gasteiger partial charge on any atom is -0.346 e. The van der Waals surface area contributed by atoms with Crippen molar-refractivity contribution in [3.05, 3.63) is 74.4 Å². The van der Waals surface area contributed by atoms with Crippen LogP contribution < -0.4 is 5.32 Å². The number of nitrogens with zero attached hydrogens (tertiary/aromatic N) is 2. The van der Waals surface area contributed by atoms with E-state index in [4.69, 9.17) is 0 Å². The molecule has 1 aromatic carbocycles. The van der Waals surface area contributed by atoms with E-state index >= 15 is 0 Å². The van der Waals surface area contributed by atoms with Crippen molar-refractivity contribution in [1.82, 2.24) is 15.2 Å². The third-order valence-electron chi connectivity index (χ3n) is 4.98. The lowest BCUT2D eigenvalue weighted by Gasteiger charge is -2.29. The van der Waals surface area contributed by atoms with Crippen molar-refractivity contribution in [3.8, 4) is 11.8 Å². The fraction of sp³-hybridized carbons (Fsp3) is 0.261. The number of thiophene rings is 1. The number of hydrogen-bond donors (Lipinski definition) is 1. The number of amides is 2. The third kappa shape index (κ3) is 5.15. The first kappa shape index (κ1) is 20.3. The van der Waals surface area contributed by atoms with Gasteiger partial charge in [-0.25, -0.2) is 4.98 Å². The van der Waals surface area contributed by atoms with Crippen LogP contribution in [0.3, 0.4) is 0 Å². The van der Waals surface area contributed by atoms with Crippen LogP contribution in [0.1, 0.15) is 44.7 Å². The molecule has 1 aliphatic rings. The Kier molecular flexibility index (Phi) is 6.57. The van der Waals surface area contributed by atoms with Gasteiger partial charge in [0, 0.05) is 40.7 Å². The second kappa shape index (κ2) is 9.70. The summed E-state index contributed by atoms with van der Waals surface area (Å²) in [4.78, 5) is 32.2. The average molecular weight is 436 g/mol. The van der Waals surface area contributed by atoms with Gasteiger partial charge in [0.25, 0.3) is 11.8 Å². The summed E-state index contributed by atoms with van der Waals surface area (Å²) < 4.78 is 0. The fourth-order valence-electron chi connectivity index (χ4n) is 3.31. The Morgan fingerprint density at radius 1 is 1.10 bits per heavy atom. The molecule has 30 heavy (non-hydrogen) atoms. The molecular weight excluding hydrogens is 414 g/mol. The van der Waals surface area contributed by atoms with Gasteiger partial charge in [-0.15, -0.1) is 22.7 Å². The van der Waals surface area contributed by atoms with Gasteiger partial charge in [0.15, 0.2) is 0 Å². The predicted molar refractivity (Wildman–Crippen MR) is 119 cm³/mol. The maximum Gasteiger partial charge on any atom is 0.298 e. The van der Waals surface area contributed by atoms with Gasteiger partial charge in [-0.2, -0.15) is 0 Å². The molecule has 152 valence electrons. The topological polar surface area (TPSA) is 62.3 Å². The Bertz CT molecular complexity index is 1060. The molecule has 2 aromatic heterocycles. The first-order chi connectivity index (χ1) is 14.7. The number of thiazole rings is 1. The normalized spacial score (nSPS) is 14.1. The lowest BCUT2D eigenvalue weighted by Crippen LogP contribution is -2.37. The van der Waals surface area contributed by atoms with Crippen LogP contribution in [-0.2, 0) is 11.3 Å². The minimum atomic E-state index is -0.144. The average Bonchev–Trinajstić information content (AvgIpc) is 3.49. The highest BCUT2D eigenvalue weighted by Gasteiger charge is 2.25. The van der Waals surface area contributed by atoms with Crippen molar-refractivity contribution in [2.24, 2.45) is 0 Å². The van der Waals surface area contributed by atoms with E-state index in [1.165, 1.54) is 11.3 Å². The zero-order valence-corrected chi connectivity index (χ0v) is 18.0. The maximum atomic E-state index is 12.4. The summed E-state index contributed by atoms with van der Waals surface area (Å²) in [5, 5.41) is 7.70.